The maximum atomic E-state index is 6.18. The Morgan fingerprint density at radius 3 is 2.36 bits per heavy atom. The molecule has 0 unspecified atom stereocenters. The Morgan fingerprint density at radius 1 is 0.840 bits per heavy atom. The largest absolute Gasteiger partial charge is 0.488 e. The fraction of sp³-hybridized carbons (Fsp3) is 0.182. The van der Waals surface area contributed by atoms with Gasteiger partial charge in [-0.05, 0) is 30.7 Å². The quantitative estimate of drug-likeness (QED) is 0.666. The fourth-order valence-corrected chi connectivity index (χ4v) is 2.90. The minimum absolute atomic E-state index is 0.563. The lowest BCUT2D eigenvalue weighted by Crippen LogP contribution is -2.80. The van der Waals surface area contributed by atoms with E-state index in [1.165, 1.54) is 11.1 Å². The summed E-state index contributed by atoms with van der Waals surface area (Å²) in [5.41, 5.74) is 4.89. The van der Waals surface area contributed by atoms with Gasteiger partial charge in [0, 0.05) is 16.1 Å². The Morgan fingerprint density at radius 2 is 1.60 bits per heavy atom. The average molecular weight is 353 g/mol. The molecule has 0 atom stereocenters. The lowest BCUT2D eigenvalue weighted by atomic mass is 10.1. The zero-order chi connectivity index (χ0) is 17.5. The first-order valence-corrected chi connectivity index (χ1v) is 8.91. The van der Waals surface area contributed by atoms with Gasteiger partial charge in [-0.3, -0.25) is 0 Å². The third-order valence-electron chi connectivity index (χ3n) is 4.12. The smallest absolute Gasteiger partial charge is 0.128 e. The molecule has 0 bridgehead atoms. The molecular formula is C22H23ClNO+. The van der Waals surface area contributed by atoms with E-state index in [4.69, 9.17) is 16.3 Å². The molecule has 128 valence electrons. The first kappa shape index (κ1) is 17.5. The molecule has 0 saturated heterocycles. The average Bonchev–Trinajstić information content (AvgIpc) is 2.63. The fourth-order valence-electron chi connectivity index (χ4n) is 2.70. The van der Waals surface area contributed by atoms with Gasteiger partial charge in [-0.1, -0.05) is 71.8 Å². The van der Waals surface area contributed by atoms with Gasteiger partial charge in [0.15, 0.2) is 0 Å². The predicted molar refractivity (Wildman–Crippen MR) is 103 cm³/mol. The Kier molecular flexibility index (Phi) is 6.10. The Hall–Kier alpha value is -2.29. The summed E-state index contributed by atoms with van der Waals surface area (Å²) in [7, 11) is 0. The minimum Gasteiger partial charge on any atom is -0.488 e. The van der Waals surface area contributed by atoms with E-state index >= 15 is 0 Å². The van der Waals surface area contributed by atoms with Crippen LogP contribution in [-0.2, 0) is 19.7 Å². The summed E-state index contributed by atoms with van der Waals surface area (Å²) in [6.45, 7) is 4.44. The monoisotopic (exact) mass is 352 g/mol. The molecule has 0 radical (unpaired) electrons. The molecule has 0 saturated carbocycles. The van der Waals surface area contributed by atoms with E-state index in [9.17, 15) is 0 Å². The molecule has 0 amide bonds. The normalized spacial score (nSPS) is 10.6. The third kappa shape index (κ3) is 5.35. The highest BCUT2D eigenvalue weighted by atomic mass is 35.5. The van der Waals surface area contributed by atoms with Gasteiger partial charge in [-0.25, -0.2) is 0 Å². The van der Waals surface area contributed by atoms with Gasteiger partial charge in [0.1, 0.15) is 25.4 Å². The van der Waals surface area contributed by atoms with Crippen LogP contribution in [0.4, 0.5) is 0 Å². The van der Waals surface area contributed by atoms with E-state index in [0.29, 0.717) is 6.61 Å². The molecule has 0 aliphatic heterocycles. The topological polar surface area (TPSA) is 25.8 Å². The molecule has 3 heteroatoms. The highest BCUT2D eigenvalue weighted by Gasteiger charge is 2.08. The van der Waals surface area contributed by atoms with Gasteiger partial charge >= 0.3 is 0 Å². The Labute approximate surface area is 154 Å². The highest BCUT2D eigenvalue weighted by molar-refractivity contribution is 6.30. The second-order valence-corrected chi connectivity index (χ2v) is 6.65. The van der Waals surface area contributed by atoms with Crippen LogP contribution in [0.3, 0.4) is 0 Å². The van der Waals surface area contributed by atoms with Crippen LogP contribution in [0.5, 0.6) is 5.75 Å². The van der Waals surface area contributed by atoms with E-state index in [0.717, 1.165) is 35.0 Å². The van der Waals surface area contributed by atoms with Crippen molar-refractivity contribution >= 4 is 11.6 Å². The van der Waals surface area contributed by atoms with Gasteiger partial charge in [0.25, 0.3) is 0 Å². The molecule has 2 nitrogen and oxygen atoms in total. The van der Waals surface area contributed by atoms with Crippen LogP contribution in [0.2, 0.25) is 5.02 Å². The van der Waals surface area contributed by atoms with Crippen LogP contribution in [-0.4, -0.2) is 0 Å². The van der Waals surface area contributed by atoms with Gasteiger partial charge in [0.05, 0.1) is 0 Å². The van der Waals surface area contributed by atoms with Gasteiger partial charge in [-0.2, -0.15) is 0 Å². The standard InChI is InChI=1S/C22H22ClNO/c1-17-7-9-18(10-8-17)14-24-15-20-13-21(23)11-12-22(20)25-16-19-5-3-2-4-6-19/h2-13,24H,14-16H2,1H3/p+1. The number of halogens is 1. The zero-order valence-electron chi connectivity index (χ0n) is 14.4. The van der Waals surface area contributed by atoms with Crippen molar-refractivity contribution < 1.29 is 10.1 Å². The molecule has 0 aliphatic carbocycles. The number of hydrogen-bond acceptors (Lipinski definition) is 1. The molecule has 0 aromatic heterocycles. The maximum absolute atomic E-state index is 6.18. The van der Waals surface area contributed by atoms with E-state index in [1.54, 1.807) is 0 Å². The highest BCUT2D eigenvalue weighted by Crippen LogP contribution is 2.23. The Balaban J connectivity index is 1.61. The van der Waals surface area contributed by atoms with Crippen molar-refractivity contribution in [3.63, 3.8) is 0 Å². The van der Waals surface area contributed by atoms with Crippen molar-refractivity contribution in [3.05, 3.63) is 100 Å². The van der Waals surface area contributed by atoms with Crippen molar-refractivity contribution in [2.75, 3.05) is 0 Å². The van der Waals surface area contributed by atoms with Gasteiger partial charge in [0.2, 0.25) is 0 Å². The molecule has 2 N–H and O–H groups in total. The molecule has 0 heterocycles. The zero-order valence-corrected chi connectivity index (χ0v) is 15.2. The van der Waals surface area contributed by atoms with Crippen LogP contribution in [0.25, 0.3) is 0 Å². The second-order valence-electron chi connectivity index (χ2n) is 6.21. The minimum atomic E-state index is 0.563. The van der Waals surface area contributed by atoms with E-state index in [-0.39, 0.29) is 0 Å². The number of aryl methyl sites for hydroxylation is 1. The predicted octanol–water partition coefficient (Wildman–Crippen LogP) is 4.49. The number of quaternary nitrogens is 1. The molecule has 0 aliphatic rings. The lowest BCUT2D eigenvalue weighted by Gasteiger charge is -2.12. The summed E-state index contributed by atoms with van der Waals surface area (Å²) in [6.07, 6.45) is 0. The van der Waals surface area contributed by atoms with E-state index < -0.39 is 0 Å². The molecular weight excluding hydrogens is 330 g/mol. The van der Waals surface area contributed by atoms with E-state index in [2.05, 4.69) is 48.6 Å². The van der Waals surface area contributed by atoms with Crippen LogP contribution >= 0.6 is 11.6 Å². The molecule has 25 heavy (non-hydrogen) atoms. The van der Waals surface area contributed by atoms with Crippen molar-refractivity contribution in [3.8, 4) is 5.75 Å². The lowest BCUT2D eigenvalue weighted by molar-refractivity contribution is -0.686. The summed E-state index contributed by atoms with van der Waals surface area (Å²) in [5.74, 6) is 0.897. The van der Waals surface area contributed by atoms with Crippen molar-refractivity contribution in [2.45, 2.75) is 26.6 Å². The number of benzene rings is 3. The first-order chi connectivity index (χ1) is 12.2. The van der Waals surface area contributed by atoms with Crippen LogP contribution in [0.15, 0.2) is 72.8 Å². The van der Waals surface area contributed by atoms with Crippen molar-refractivity contribution in [1.82, 2.24) is 0 Å². The van der Waals surface area contributed by atoms with Gasteiger partial charge in [-0.15, -0.1) is 0 Å². The van der Waals surface area contributed by atoms with Crippen molar-refractivity contribution in [2.24, 2.45) is 0 Å². The first-order valence-electron chi connectivity index (χ1n) is 8.53. The van der Waals surface area contributed by atoms with Crippen LogP contribution in [0.1, 0.15) is 22.3 Å². The molecule has 3 rings (SSSR count). The summed E-state index contributed by atoms with van der Waals surface area (Å²) >= 11 is 6.18. The number of nitrogens with two attached hydrogens (primary N) is 1. The number of hydrogen-bond donors (Lipinski definition) is 1. The van der Waals surface area contributed by atoms with Crippen molar-refractivity contribution in [1.29, 1.82) is 0 Å². The molecule has 0 spiro atoms. The number of ether oxygens (including phenoxy) is 1. The van der Waals surface area contributed by atoms with Crippen LogP contribution in [0, 0.1) is 6.92 Å². The summed E-state index contributed by atoms with van der Waals surface area (Å²) < 4.78 is 6.02. The van der Waals surface area contributed by atoms with Crippen LogP contribution < -0.4 is 10.1 Å². The molecule has 3 aromatic carbocycles. The molecule has 0 fully saturated rings. The maximum Gasteiger partial charge on any atom is 0.128 e. The SMILES string of the molecule is Cc1ccc(C[NH2+]Cc2cc(Cl)ccc2OCc2ccccc2)cc1. The second kappa shape index (κ2) is 8.70. The summed E-state index contributed by atoms with van der Waals surface area (Å²) in [4.78, 5) is 0. The number of rotatable bonds is 7. The third-order valence-corrected chi connectivity index (χ3v) is 4.36. The summed E-state index contributed by atoms with van der Waals surface area (Å²) in [6, 6.07) is 24.7. The Bertz CT molecular complexity index is 800. The summed E-state index contributed by atoms with van der Waals surface area (Å²) in [5, 5.41) is 3.01. The van der Waals surface area contributed by atoms with E-state index in [1.807, 2.05) is 36.4 Å². The van der Waals surface area contributed by atoms with Gasteiger partial charge < -0.3 is 10.1 Å². The molecule has 3 aromatic rings.